The number of methoxy groups -OCH3 is 1. The molecule has 0 aliphatic carbocycles. The van der Waals surface area contributed by atoms with E-state index < -0.39 is 28.3 Å². The van der Waals surface area contributed by atoms with Gasteiger partial charge in [0.2, 0.25) is 0 Å². The molecule has 2 rings (SSSR count). The summed E-state index contributed by atoms with van der Waals surface area (Å²) in [7, 11) is -1.83. The lowest BCUT2D eigenvalue weighted by molar-refractivity contribution is -0.119. The third kappa shape index (κ3) is 5.32. The van der Waals surface area contributed by atoms with Crippen molar-refractivity contribution in [1.82, 2.24) is 0 Å². The van der Waals surface area contributed by atoms with E-state index >= 15 is 0 Å². The average Bonchev–Trinajstić information content (AvgIpc) is 2.59. The first-order chi connectivity index (χ1) is 11.8. The van der Waals surface area contributed by atoms with Gasteiger partial charge in [-0.1, -0.05) is 6.07 Å². The van der Waals surface area contributed by atoms with Gasteiger partial charge in [0.05, 0.1) is 17.6 Å². The van der Waals surface area contributed by atoms with E-state index in [1.807, 2.05) is 0 Å². The van der Waals surface area contributed by atoms with Crippen molar-refractivity contribution < 1.29 is 27.5 Å². The van der Waals surface area contributed by atoms with E-state index in [0.717, 1.165) is 6.26 Å². The Balaban J connectivity index is 1.91. The number of nitrogens with one attached hydrogen (secondary N) is 1. The van der Waals surface area contributed by atoms with E-state index in [1.165, 1.54) is 31.4 Å². The van der Waals surface area contributed by atoms with Crippen molar-refractivity contribution in [1.29, 1.82) is 0 Å². The monoisotopic (exact) mass is 363 g/mol. The third-order valence-electron chi connectivity index (χ3n) is 3.21. The second-order valence-electron chi connectivity index (χ2n) is 5.15. The predicted octanol–water partition coefficient (Wildman–Crippen LogP) is 1.89. The van der Waals surface area contributed by atoms with E-state index in [-0.39, 0.29) is 10.5 Å². The van der Waals surface area contributed by atoms with Crippen LogP contribution in [0.5, 0.6) is 5.75 Å². The summed E-state index contributed by atoms with van der Waals surface area (Å²) in [4.78, 5) is 23.8. The fourth-order valence-corrected chi connectivity index (χ4v) is 2.58. The van der Waals surface area contributed by atoms with Gasteiger partial charge in [-0.3, -0.25) is 4.79 Å². The highest BCUT2D eigenvalue weighted by atomic mass is 32.2. The molecule has 0 spiro atoms. The van der Waals surface area contributed by atoms with Crippen LogP contribution < -0.4 is 10.1 Å². The van der Waals surface area contributed by atoms with E-state index in [2.05, 4.69) is 5.32 Å². The van der Waals surface area contributed by atoms with E-state index in [0.29, 0.717) is 11.4 Å². The molecule has 2 aromatic carbocycles. The molecule has 0 fully saturated rings. The van der Waals surface area contributed by atoms with Gasteiger partial charge in [-0.15, -0.1) is 0 Å². The maximum Gasteiger partial charge on any atom is 0.338 e. The molecule has 2 aromatic rings. The summed E-state index contributed by atoms with van der Waals surface area (Å²) < 4.78 is 32.7. The SMILES string of the molecule is COc1cccc(NC(=O)COC(=O)c2ccc(S(C)(=O)=O)cc2)c1. The fraction of sp³-hybridized carbons (Fsp3) is 0.176. The van der Waals surface area contributed by atoms with Crippen molar-refractivity contribution in [2.75, 3.05) is 25.3 Å². The Morgan fingerprint density at radius 1 is 1.08 bits per heavy atom. The first kappa shape index (κ1) is 18.5. The summed E-state index contributed by atoms with van der Waals surface area (Å²) in [5, 5.41) is 2.58. The molecule has 0 unspecified atom stereocenters. The molecule has 0 radical (unpaired) electrons. The van der Waals surface area contributed by atoms with Crippen molar-refractivity contribution in [3.05, 3.63) is 54.1 Å². The van der Waals surface area contributed by atoms with E-state index in [1.54, 1.807) is 24.3 Å². The number of carbonyl (C=O) groups excluding carboxylic acids is 2. The number of hydrogen-bond donors (Lipinski definition) is 1. The summed E-state index contributed by atoms with van der Waals surface area (Å²) in [6, 6.07) is 12.0. The van der Waals surface area contributed by atoms with Crippen LogP contribution in [-0.4, -0.2) is 40.3 Å². The molecule has 0 saturated carbocycles. The highest BCUT2D eigenvalue weighted by Crippen LogP contribution is 2.16. The highest BCUT2D eigenvalue weighted by Gasteiger charge is 2.13. The zero-order chi connectivity index (χ0) is 18.4. The highest BCUT2D eigenvalue weighted by molar-refractivity contribution is 7.90. The van der Waals surface area contributed by atoms with Gasteiger partial charge in [0.25, 0.3) is 5.91 Å². The van der Waals surface area contributed by atoms with Gasteiger partial charge in [-0.05, 0) is 36.4 Å². The largest absolute Gasteiger partial charge is 0.497 e. The Hall–Kier alpha value is -2.87. The Kier molecular flexibility index (Phi) is 5.76. The molecule has 0 heterocycles. The Morgan fingerprint density at radius 3 is 2.36 bits per heavy atom. The number of benzene rings is 2. The zero-order valence-corrected chi connectivity index (χ0v) is 14.5. The number of hydrogen-bond acceptors (Lipinski definition) is 6. The molecular formula is C17H17NO6S. The lowest BCUT2D eigenvalue weighted by Crippen LogP contribution is -2.21. The van der Waals surface area contributed by atoms with Crippen molar-refractivity contribution in [2.24, 2.45) is 0 Å². The number of rotatable bonds is 6. The summed E-state index contributed by atoms with van der Waals surface area (Å²) >= 11 is 0. The number of sulfone groups is 1. The van der Waals surface area contributed by atoms with Crippen molar-refractivity contribution in [2.45, 2.75) is 4.90 Å². The van der Waals surface area contributed by atoms with Gasteiger partial charge in [0.1, 0.15) is 5.75 Å². The van der Waals surface area contributed by atoms with Crippen LogP contribution in [0.25, 0.3) is 0 Å². The van der Waals surface area contributed by atoms with E-state index in [9.17, 15) is 18.0 Å². The smallest absolute Gasteiger partial charge is 0.338 e. The molecule has 8 heteroatoms. The minimum Gasteiger partial charge on any atom is -0.497 e. The van der Waals surface area contributed by atoms with Gasteiger partial charge >= 0.3 is 5.97 Å². The van der Waals surface area contributed by atoms with Crippen LogP contribution >= 0.6 is 0 Å². The number of anilines is 1. The molecule has 0 aromatic heterocycles. The number of amides is 1. The van der Waals surface area contributed by atoms with Crippen LogP contribution in [0.2, 0.25) is 0 Å². The second kappa shape index (κ2) is 7.80. The van der Waals surface area contributed by atoms with Crippen LogP contribution in [0.15, 0.2) is 53.4 Å². The minimum absolute atomic E-state index is 0.0971. The van der Waals surface area contributed by atoms with Gasteiger partial charge in [0, 0.05) is 18.0 Å². The second-order valence-corrected chi connectivity index (χ2v) is 7.17. The van der Waals surface area contributed by atoms with Gasteiger partial charge in [0.15, 0.2) is 16.4 Å². The van der Waals surface area contributed by atoms with Crippen molar-refractivity contribution >= 4 is 27.4 Å². The molecule has 1 amide bonds. The Morgan fingerprint density at radius 2 is 1.76 bits per heavy atom. The Bertz CT molecular complexity index is 874. The molecule has 0 aliphatic heterocycles. The fourth-order valence-electron chi connectivity index (χ4n) is 1.95. The van der Waals surface area contributed by atoms with Crippen molar-refractivity contribution in [3.63, 3.8) is 0 Å². The quantitative estimate of drug-likeness (QED) is 0.787. The normalized spacial score (nSPS) is 10.8. The maximum atomic E-state index is 11.9. The molecule has 0 atom stereocenters. The predicted molar refractivity (Wildman–Crippen MR) is 91.5 cm³/mol. The molecule has 7 nitrogen and oxygen atoms in total. The topological polar surface area (TPSA) is 98.8 Å². The molecule has 1 N–H and O–H groups in total. The van der Waals surface area contributed by atoms with Gasteiger partial charge in [-0.25, -0.2) is 13.2 Å². The molecular weight excluding hydrogens is 346 g/mol. The lowest BCUT2D eigenvalue weighted by Gasteiger charge is -2.08. The molecule has 25 heavy (non-hydrogen) atoms. The van der Waals surface area contributed by atoms with E-state index in [4.69, 9.17) is 9.47 Å². The maximum absolute atomic E-state index is 11.9. The number of ether oxygens (including phenoxy) is 2. The zero-order valence-electron chi connectivity index (χ0n) is 13.7. The summed E-state index contributed by atoms with van der Waals surface area (Å²) in [5.74, 6) is -0.643. The third-order valence-corrected chi connectivity index (χ3v) is 4.33. The Labute approximate surface area is 145 Å². The van der Waals surface area contributed by atoms with Crippen LogP contribution in [0.3, 0.4) is 0 Å². The molecule has 132 valence electrons. The minimum atomic E-state index is -3.34. The lowest BCUT2D eigenvalue weighted by atomic mass is 10.2. The molecule has 0 bridgehead atoms. The molecule has 0 aliphatic rings. The van der Waals surface area contributed by atoms with Crippen LogP contribution in [-0.2, 0) is 19.4 Å². The summed E-state index contributed by atoms with van der Waals surface area (Å²) in [5.41, 5.74) is 0.666. The van der Waals surface area contributed by atoms with Gasteiger partial charge < -0.3 is 14.8 Å². The van der Waals surface area contributed by atoms with Gasteiger partial charge in [-0.2, -0.15) is 0 Å². The summed E-state index contributed by atoms with van der Waals surface area (Å²) in [6.07, 6.45) is 1.07. The first-order valence-electron chi connectivity index (χ1n) is 7.21. The number of carbonyl (C=O) groups is 2. The van der Waals surface area contributed by atoms with Crippen molar-refractivity contribution in [3.8, 4) is 5.75 Å². The van der Waals surface area contributed by atoms with Crippen LogP contribution in [0.1, 0.15) is 10.4 Å². The van der Waals surface area contributed by atoms with Crippen LogP contribution in [0, 0.1) is 0 Å². The summed E-state index contributed by atoms with van der Waals surface area (Å²) in [6.45, 7) is -0.468. The average molecular weight is 363 g/mol. The van der Waals surface area contributed by atoms with Crippen LogP contribution in [0.4, 0.5) is 5.69 Å². The first-order valence-corrected chi connectivity index (χ1v) is 9.10. The molecule has 0 saturated heterocycles. The standard InChI is InChI=1S/C17H17NO6S/c1-23-14-5-3-4-13(10-14)18-16(19)11-24-17(20)12-6-8-15(9-7-12)25(2,21)22/h3-10H,11H2,1-2H3,(H,18,19). The number of esters is 1.